The summed E-state index contributed by atoms with van der Waals surface area (Å²) in [4.78, 5) is 39.1. The number of benzene rings is 1. The minimum Gasteiger partial charge on any atom is -0.354 e. The molecular weight excluding hydrogens is 352 g/mol. The zero-order chi connectivity index (χ0) is 19.6. The maximum absolute atomic E-state index is 12.7. The van der Waals surface area contributed by atoms with E-state index in [-0.39, 0.29) is 41.5 Å². The predicted molar refractivity (Wildman–Crippen MR) is 106 cm³/mol. The Bertz CT molecular complexity index is 715. The van der Waals surface area contributed by atoms with E-state index in [0.717, 1.165) is 51.4 Å². The lowest BCUT2D eigenvalue weighted by Gasteiger charge is -2.38. The van der Waals surface area contributed by atoms with Crippen molar-refractivity contribution in [2.45, 2.75) is 63.2 Å². The second kappa shape index (κ2) is 8.06. The first-order valence-corrected chi connectivity index (χ1v) is 10.8. The van der Waals surface area contributed by atoms with Crippen molar-refractivity contribution >= 4 is 17.7 Å². The molecule has 150 valence electrons. The van der Waals surface area contributed by atoms with Crippen LogP contribution in [0, 0.1) is 11.8 Å². The molecule has 28 heavy (non-hydrogen) atoms. The van der Waals surface area contributed by atoms with Crippen LogP contribution >= 0.6 is 0 Å². The van der Waals surface area contributed by atoms with Crippen LogP contribution in [0.15, 0.2) is 30.3 Å². The molecule has 2 atom stereocenters. The Morgan fingerprint density at radius 1 is 0.929 bits per heavy atom. The van der Waals surface area contributed by atoms with Crippen molar-refractivity contribution < 1.29 is 14.4 Å². The van der Waals surface area contributed by atoms with E-state index in [1.807, 2.05) is 6.07 Å². The van der Waals surface area contributed by atoms with E-state index in [4.69, 9.17) is 0 Å². The maximum Gasteiger partial charge on any atom is 0.240 e. The van der Waals surface area contributed by atoms with Crippen molar-refractivity contribution in [2.24, 2.45) is 11.8 Å². The summed E-state index contributed by atoms with van der Waals surface area (Å²) in [5.41, 5.74) is 1.23. The Labute approximate surface area is 166 Å². The smallest absolute Gasteiger partial charge is 0.240 e. The molecule has 2 saturated carbocycles. The molecule has 5 heteroatoms. The van der Waals surface area contributed by atoms with Gasteiger partial charge in [-0.05, 0) is 31.2 Å². The number of hydrogen-bond donors (Lipinski definition) is 1. The molecular formula is C23H30N2O3. The number of hydrogen-bond acceptors (Lipinski definition) is 3. The van der Waals surface area contributed by atoms with E-state index >= 15 is 0 Å². The molecule has 1 aliphatic heterocycles. The molecule has 0 unspecified atom stereocenters. The van der Waals surface area contributed by atoms with Gasteiger partial charge >= 0.3 is 0 Å². The SMILES string of the molecule is O=C(CN1C(=O)[C@H]2CCCC[C@H]2C1=O)NCC1(c2ccccc2)CCCCC1. The van der Waals surface area contributed by atoms with Crippen molar-refractivity contribution in [3.05, 3.63) is 35.9 Å². The van der Waals surface area contributed by atoms with Gasteiger partial charge in [-0.15, -0.1) is 0 Å². The average Bonchev–Trinajstić information content (AvgIpc) is 2.99. The molecule has 2 aliphatic carbocycles. The van der Waals surface area contributed by atoms with Crippen LogP contribution in [-0.4, -0.2) is 35.7 Å². The number of carbonyl (C=O) groups is 3. The van der Waals surface area contributed by atoms with Gasteiger partial charge in [-0.3, -0.25) is 19.3 Å². The van der Waals surface area contributed by atoms with Gasteiger partial charge in [0, 0.05) is 12.0 Å². The number of carbonyl (C=O) groups excluding carboxylic acids is 3. The van der Waals surface area contributed by atoms with Gasteiger partial charge in [0.05, 0.1) is 11.8 Å². The third-order valence-corrected chi connectivity index (χ3v) is 7.05. The van der Waals surface area contributed by atoms with Gasteiger partial charge in [-0.25, -0.2) is 0 Å². The highest BCUT2D eigenvalue weighted by atomic mass is 16.2. The summed E-state index contributed by atoms with van der Waals surface area (Å²) >= 11 is 0. The van der Waals surface area contributed by atoms with Gasteiger partial charge in [0.15, 0.2) is 0 Å². The molecule has 0 spiro atoms. The zero-order valence-electron chi connectivity index (χ0n) is 16.5. The third kappa shape index (κ3) is 3.59. The summed E-state index contributed by atoms with van der Waals surface area (Å²) in [6.45, 7) is 0.439. The summed E-state index contributed by atoms with van der Waals surface area (Å²) in [7, 11) is 0. The van der Waals surface area contributed by atoms with Gasteiger partial charge < -0.3 is 5.32 Å². The van der Waals surface area contributed by atoms with Gasteiger partial charge in [0.25, 0.3) is 0 Å². The second-order valence-corrected chi connectivity index (χ2v) is 8.74. The van der Waals surface area contributed by atoms with Crippen LogP contribution in [0.4, 0.5) is 0 Å². The molecule has 0 bridgehead atoms. The van der Waals surface area contributed by atoms with Crippen LogP contribution in [0.3, 0.4) is 0 Å². The zero-order valence-corrected chi connectivity index (χ0v) is 16.5. The molecule has 0 aromatic heterocycles. The van der Waals surface area contributed by atoms with E-state index in [1.165, 1.54) is 16.9 Å². The first kappa shape index (κ1) is 19.2. The maximum atomic E-state index is 12.7. The van der Waals surface area contributed by atoms with Crippen molar-refractivity contribution in [1.29, 1.82) is 0 Å². The number of nitrogens with zero attached hydrogens (tertiary/aromatic N) is 1. The first-order valence-electron chi connectivity index (χ1n) is 10.8. The highest BCUT2D eigenvalue weighted by molar-refractivity contribution is 6.07. The topological polar surface area (TPSA) is 66.5 Å². The standard InChI is InChI=1S/C23H30N2O3/c26-20(15-25-21(27)18-11-5-6-12-19(18)22(25)28)24-16-23(13-7-2-8-14-23)17-9-3-1-4-10-17/h1,3-4,9-10,18-19H,2,5-8,11-16H2,(H,24,26)/t18-,19+. The highest BCUT2D eigenvalue weighted by Gasteiger charge is 2.48. The Hall–Kier alpha value is -2.17. The van der Waals surface area contributed by atoms with E-state index in [1.54, 1.807) is 0 Å². The van der Waals surface area contributed by atoms with Crippen molar-refractivity contribution in [3.8, 4) is 0 Å². The Balaban J connectivity index is 1.40. The van der Waals surface area contributed by atoms with Crippen molar-refractivity contribution in [1.82, 2.24) is 10.2 Å². The second-order valence-electron chi connectivity index (χ2n) is 8.74. The molecule has 1 heterocycles. The molecule has 1 N–H and O–H groups in total. The molecule has 0 radical (unpaired) electrons. The van der Waals surface area contributed by atoms with E-state index < -0.39 is 0 Å². The summed E-state index contributed by atoms with van der Waals surface area (Å²) in [5.74, 6) is -0.882. The third-order valence-electron chi connectivity index (χ3n) is 7.05. The van der Waals surface area contributed by atoms with E-state index in [0.29, 0.717) is 6.54 Å². The molecule has 4 rings (SSSR count). The molecule has 1 aromatic rings. The number of likely N-dealkylation sites (tertiary alicyclic amines) is 1. The van der Waals surface area contributed by atoms with Crippen LogP contribution in [0.25, 0.3) is 0 Å². The summed E-state index contributed by atoms with van der Waals surface area (Å²) in [6.07, 6.45) is 9.25. The van der Waals surface area contributed by atoms with Gasteiger partial charge in [0.1, 0.15) is 6.54 Å². The molecule has 1 aromatic carbocycles. The summed E-state index contributed by atoms with van der Waals surface area (Å²) in [5, 5.41) is 3.06. The van der Waals surface area contributed by atoms with E-state index in [2.05, 4.69) is 29.6 Å². The van der Waals surface area contributed by atoms with Crippen LogP contribution < -0.4 is 5.32 Å². The summed E-state index contributed by atoms with van der Waals surface area (Å²) in [6, 6.07) is 10.4. The quantitative estimate of drug-likeness (QED) is 0.796. The Morgan fingerprint density at radius 2 is 1.54 bits per heavy atom. The van der Waals surface area contributed by atoms with Crippen LogP contribution in [-0.2, 0) is 19.8 Å². The molecule has 3 amide bonds. The van der Waals surface area contributed by atoms with Gasteiger partial charge in [0.2, 0.25) is 17.7 Å². The van der Waals surface area contributed by atoms with E-state index in [9.17, 15) is 14.4 Å². The minimum atomic E-state index is -0.221. The fourth-order valence-corrected chi connectivity index (χ4v) is 5.44. The number of imide groups is 1. The molecule has 1 saturated heterocycles. The van der Waals surface area contributed by atoms with Crippen LogP contribution in [0.5, 0.6) is 0 Å². The lowest BCUT2D eigenvalue weighted by atomic mass is 9.69. The number of nitrogens with one attached hydrogen (secondary N) is 1. The number of rotatable bonds is 5. The highest BCUT2D eigenvalue weighted by Crippen LogP contribution is 2.39. The van der Waals surface area contributed by atoms with Crippen molar-refractivity contribution in [3.63, 3.8) is 0 Å². The lowest BCUT2D eigenvalue weighted by Crippen LogP contribution is -2.46. The summed E-state index contributed by atoms with van der Waals surface area (Å²) < 4.78 is 0. The Morgan fingerprint density at radius 3 is 2.14 bits per heavy atom. The molecule has 3 fully saturated rings. The predicted octanol–water partition coefficient (Wildman–Crippen LogP) is 3.18. The minimum absolute atomic E-state index is 0.0395. The monoisotopic (exact) mass is 382 g/mol. The number of fused-ring (bicyclic) bond motifs is 1. The Kier molecular flexibility index (Phi) is 5.51. The van der Waals surface area contributed by atoms with Gasteiger partial charge in [-0.1, -0.05) is 62.4 Å². The molecule has 3 aliphatic rings. The average molecular weight is 383 g/mol. The fourth-order valence-electron chi connectivity index (χ4n) is 5.44. The molecule has 5 nitrogen and oxygen atoms in total. The number of amides is 3. The fraction of sp³-hybridized carbons (Fsp3) is 0.609. The van der Waals surface area contributed by atoms with Crippen molar-refractivity contribution in [2.75, 3.05) is 13.1 Å². The lowest BCUT2D eigenvalue weighted by molar-refractivity contribution is -0.143. The largest absolute Gasteiger partial charge is 0.354 e. The van der Waals surface area contributed by atoms with Crippen LogP contribution in [0.2, 0.25) is 0 Å². The first-order chi connectivity index (χ1) is 13.6. The van der Waals surface area contributed by atoms with Gasteiger partial charge in [-0.2, -0.15) is 0 Å². The van der Waals surface area contributed by atoms with Crippen LogP contribution in [0.1, 0.15) is 63.4 Å². The normalized spacial score (nSPS) is 26.8.